The lowest BCUT2D eigenvalue weighted by Gasteiger charge is -2.13. The summed E-state index contributed by atoms with van der Waals surface area (Å²) in [7, 11) is 0. The minimum absolute atomic E-state index is 0.372. The van der Waals surface area contributed by atoms with Crippen LogP contribution >= 0.6 is 11.6 Å². The average Bonchev–Trinajstić information content (AvgIpc) is 2.98. The van der Waals surface area contributed by atoms with Crippen molar-refractivity contribution in [2.75, 3.05) is 0 Å². The van der Waals surface area contributed by atoms with E-state index in [0.29, 0.717) is 17.2 Å². The van der Waals surface area contributed by atoms with Crippen LogP contribution in [0.25, 0.3) is 0 Å². The zero-order valence-corrected chi connectivity index (χ0v) is 10.7. The lowest BCUT2D eigenvalue weighted by molar-refractivity contribution is 0.529. The molecule has 1 fully saturated rings. The predicted molar refractivity (Wildman–Crippen MR) is 67.6 cm³/mol. The van der Waals surface area contributed by atoms with Crippen molar-refractivity contribution in [1.82, 2.24) is 10.3 Å². The van der Waals surface area contributed by atoms with Gasteiger partial charge in [-0.05, 0) is 37.3 Å². The smallest absolute Gasteiger partial charge is 0.129 e. The van der Waals surface area contributed by atoms with Crippen LogP contribution in [0, 0.1) is 5.92 Å². The average molecular weight is 239 g/mol. The first-order valence-electron chi connectivity index (χ1n) is 6.08. The largest absolute Gasteiger partial charge is 0.307 e. The van der Waals surface area contributed by atoms with Crippen molar-refractivity contribution in [3.8, 4) is 0 Å². The molecule has 88 valence electrons. The Kier molecular flexibility index (Phi) is 3.82. The van der Waals surface area contributed by atoms with Gasteiger partial charge in [0.1, 0.15) is 5.15 Å². The van der Waals surface area contributed by atoms with Crippen molar-refractivity contribution in [3.63, 3.8) is 0 Å². The molecular weight excluding hydrogens is 220 g/mol. The second-order valence-corrected chi connectivity index (χ2v) is 5.08. The van der Waals surface area contributed by atoms with Gasteiger partial charge in [0.15, 0.2) is 0 Å². The van der Waals surface area contributed by atoms with Crippen LogP contribution in [0.5, 0.6) is 0 Å². The van der Waals surface area contributed by atoms with E-state index in [1.807, 2.05) is 18.3 Å². The molecule has 1 aromatic rings. The summed E-state index contributed by atoms with van der Waals surface area (Å²) in [6.07, 6.45) is 5.83. The first-order chi connectivity index (χ1) is 7.70. The highest BCUT2D eigenvalue weighted by molar-refractivity contribution is 6.29. The Balaban J connectivity index is 1.84. The Morgan fingerprint density at radius 2 is 2.38 bits per heavy atom. The van der Waals surface area contributed by atoms with Crippen LogP contribution in [0.15, 0.2) is 18.3 Å². The Morgan fingerprint density at radius 3 is 3.00 bits per heavy atom. The van der Waals surface area contributed by atoms with Crippen LogP contribution in [0.2, 0.25) is 5.15 Å². The van der Waals surface area contributed by atoms with E-state index in [0.717, 1.165) is 5.92 Å². The van der Waals surface area contributed by atoms with E-state index in [1.54, 1.807) is 0 Å². The van der Waals surface area contributed by atoms with Crippen LogP contribution in [-0.4, -0.2) is 11.0 Å². The zero-order valence-electron chi connectivity index (χ0n) is 9.91. The minimum Gasteiger partial charge on any atom is -0.307 e. The van der Waals surface area contributed by atoms with Gasteiger partial charge < -0.3 is 5.32 Å². The molecule has 1 saturated carbocycles. The Morgan fingerprint density at radius 1 is 1.56 bits per heavy atom. The van der Waals surface area contributed by atoms with Crippen molar-refractivity contribution in [3.05, 3.63) is 29.0 Å². The van der Waals surface area contributed by atoms with Gasteiger partial charge in [0, 0.05) is 18.3 Å². The summed E-state index contributed by atoms with van der Waals surface area (Å²) in [6, 6.07) is 4.98. The fraction of sp³-hybridized carbons (Fsp3) is 0.615. The number of hydrogen-bond acceptors (Lipinski definition) is 2. The fourth-order valence-electron chi connectivity index (χ4n) is 2.20. The third-order valence-corrected chi connectivity index (χ3v) is 3.52. The molecule has 0 aromatic carbocycles. The molecule has 3 atom stereocenters. The quantitative estimate of drug-likeness (QED) is 0.794. The Bertz CT molecular complexity index is 336. The van der Waals surface area contributed by atoms with Gasteiger partial charge in [0.2, 0.25) is 0 Å². The van der Waals surface area contributed by atoms with E-state index in [1.165, 1.54) is 24.8 Å². The molecule has 1 aliphatic rings. The number of halogens is 1. The molecule has 1 heterocycles. The molecule has 0 aliphatic heterocycles. The normalized spacial score (nSPS) is 25.4. The molecule has 1 N–H and O–H groups in total. The first kappa shape index (κ1) is 11.9. The molecule has 2 nitrogen and oxygen atoms in total. The number of nitrogens with one attached hydrogen (secondary N) is 1. The van der Waals surface area contributed by atoms with Crippen LogP contribution in [0.4, 0.5) is 0 Å². The summed E-state index contributed by atoms with van der Waals surface area (Å²) < 4.78 is 0. The number of pyridine rings is 1. The topological polar surface area (TPSA) is 24.9 Å². The van der Waals surface area contributed by atoms with Crippen molar-refractivity contribution in [2.45, 2.75) is 45.2 Å². The first-order valence-corrected chi connectivity index (χ1v) is 6.46. The molecule has 3 heteroatoms. The van der Waals surface area contributed by atoms with E-state index in [2.05, 4.69) is 24.1 Å². The van der Waals surface area contributed by atoms with E-state index in [9.17, 15) is 0 Å². The van der Waals surface area contributed by atoms with Gasteiger partial charge in [-0.2, -0.15) is 0 Å². The van der Waals surface area contributed by atoms with Gasteiger partial charge in [-0.25, -0.2) is 4.98 Å². The number of nitrogens with zero attached hydrogens (tertiary/aromatic N) is 1. The maximum absolute atomic E-state index is 5.77. The lowest BCUT2D eigenvalue weighted by Crippen LogP contribution is -2.22. The molecule has 1 aliphatic carbocycles. The third kappa shape index (κ3) is 2.96. The van der Waals surface area contributed by atoms with Crippen LogP contribution in [0.3, 0.4) is 0 Å². The molecule has 1 aromatic heterocycles. The highest BCUT2D eigenvalue weighted by atomic mass is 35.5. The number of aromatic nitrogens is 1. The van der Waals surface area contributed by atoms with Gasteiger partial charge in [0.05, 0.1) is 0 Å². The molecule has 0 saturated heterocycles. The molecular formula is C13H19ClN2. The van der Waals surface area contributed by atoms with Gasteiger partial charge in [-0.3, -0.25) is 0 Å². The van der Waals surface area contributed by atoms with Crippen molar-refractivity contribution in [1.29, 1.82) is 0 Å². The summed E-state index contributed by atoms with van der Waals surface area (Å²) in [6.45, 7) is 4.44. The van der Waals surface area contributed by atoms with Gasteiger partial charge in [-0.1, -0.05) is 31.0 Å². The number of hydrogen-bond donors (Lipinski definition) is 1. The van der Waals surface area contributed by atoms with Crippen LogP contribution < -0.4 is 5.32 Å². The van der Waals surface area contributed by atoms with Gasteiger partial charge >= 0.3 is 0 Å². The molecule has 3 unspecified atom stereocenters. The van der Waals surface area contributed by atoms with Crippen molar-refractivity contribution in [2.24, 2.45) is 5.92 Å². The van der Waals surface area contributed by atoms with Crippen molar-refractivity contribution >= 4 is 11.6 Å². The van der Waals surface area contributed by atoms with Gasteiger partial charge in [0.25, 0.3) is 0 Å². The summed E-state index contributed by atoms with van der Waals surface area (Å²) in [5.41, 5.74) is 1.21. The van der Waals surface area contributed by atoms with Gasteiger partial charge in [-0.15, -0.1) is 0 Å². The lowest BCUT2D eigenvalue weighted by atomic mass is 10.1. The van der Waals surface area contributed by atoms with E-state index in [-0.39, 0.29) is 0 Å². The molecule has 0 spiro atoms. The maximum Gasteiger partial charge on any atom is 0.129 e. The molecule has 0 bridgehead atoms. The summed E-state index contributed by atoms with van der Waals surface area (Å²) in [5, 5.41) is 4.20. The molecule has 0 radical (unpaired) electrons. The third-order valence-electron chi connectivity index (χ3n) is 3.30. The van der Waals surface area contributed by atoms with Crippen molar-refractivity contribution < 1.29 is 0 Å². The van der Waals surface area contributed by atoms with E-state index >= 15 is 0 Å². The molecule has 16 heavy (non-hydrogen) atoms. The standard InChI is InChI=1S/C13H19ClN2/c1-3-4-10-7-12(10)16-9(2)11-5-6-13(14)15-8-11/h5-6,8-10,12,16H,3-4,7H2,1-2H3. The highest BCUT2D eigenvalue weighted by Gasteiger charge is 2.36. The summed E-state index contributed by atoms with van der Waals surface area (Å²) in [4.78, 5) is 4.11. The fourth-order valence-corrected chi connectivity index (χ4v) is 2.31. The Labute approximate surface area is 102 Å². The monoisotopic (exact) mass is 238 g/mol. The van der Waals surface area contributed by atoms with Crippen LogP contribution in [0.1, 0.15) is 44.7 Å². The van der Waals surface area contributed by atoms with E-state index < -0.39 is 0 Å². The summed E-state index contributed by atoms with van der Waals surface area (Å²) in [5.74, 6) is 0.896. The Hall–Kier alpha value is -0.600. The zero-order chi connectivity index (χ0) is 11.5. The molecule has 0 amide bonds. The second kappa shape index (κ2) is 5.15. The second-order valence-electron chi connectivity index (χ2n) is 4.69. The highest BCUT2D eigenvalue weighted by Crippen LogP contribution is 2.36. The number of rotatable bonds is 5. The summed E-state index contributed by atoms with van der Waals surface area (Å²) >= 11 is 5.77. The van der Waals surface area contributed by atoms with E-state index in [4.69, 9.17) is 11.6 Å². The minimum atomic E-state index is 0.372. The SMILES string of the molecule is CCCC1CC1NC(C)c1ccc(Cl)nc1. The molecule has 2 rings (SSSR count). The van der Waals surface area contributed by atoms with Crippen LogP contribution in [-0.2, 0) is 0 Å². The maximum atomic E-state index is 5.77. The predicted octanol–water partition coefficient (Wildman–Crippen LogP) is 3.57.